The van der Waals surface area contributed by atoms with Gasteiger partial charge in [-0.1, -0.05) is 24.3 Å². The first-order valence-electron chi connectivity index (χ1n) is 9.31. The van der Waals surface area contributed by atoms with Crippen LogP contribution in [0.2, 0.25) is 0 Å². The van der Waals surface area contributed by atoms with Gasteiger partial charge in [0, 0.05) is 29.6 Å². The van der Waals surface area contributed by atoms with Gasteiger partial charge in [0.2, 0.25) is 0 Å². The summed E-state index contributed by atoms with van der Waals surface area (Å²) in [7, 11) is 0. The molecule has 2 aromatic carbocycles. The highest BCUT2D eigenvalue weighted by atomic mass is 16.5. The van der Waals surface area contributed by atoms with Crippen molar-refractivity contribution in [2.45, 2.75) is 25.7 Å². The van der Waals surface area contributed by atoms with Gasteiger partial charge in [-0.3, -0.25) is 0 Å². The number of nitriles is 1. The average molecular weight is 345 g/mol. The highest BCUT2D eigenvalue weighted by molar-refractivity contribution is 5.88. The summed E-state index contributed by atoms with van der Waals surface area (Å²) in [5.74, 6) is 0.676. The zero-order valence-electron chi connectivity index (χ0n) is 14.8. The van der Waals surface area contributed by atoms with Gasteiger partial charge in [-0.25, -0.2) is 0 Å². The van der Waals surface area contributed by atoms with Crippen molar-refractivity contribution in [2.75, 3.05) is 19.7 Å². The quantitative estimate of drug-likeness (QED) is 0.693. The minimum Gasteiger partial charge on any atom is -0.492 e. The van der Waals surface area contributed by atoms with Crippen molar-refractivity contribution in [1.29, 1.82) is 5.26 Å². The Labute approximate surface area is 153 Å². The number of hydrogen-bond donors (Lipinski definition) is 2. The van der Waals surface area contributed by atoms with Gasteiger partial charge in [0.1, 0.15) is 11.8 Å². The fraction of sp³-hybridized carbons (Fsp3) is 0.318. The summed E-state index contributed by atoms with van der Waals surface area (Å²) in [6.07, 6.45) is 4.05. The number of nitrogens with one attached hydrogen (secondary N) is 2. The fourth-order valence-electron chi connectivity index (χ4n) is 3.83. The summed E-state index contributed by atoms with van der Waals surface area (Å²) in [5, 5.41) is 14.0. The molecule has 0 bridgehead atoms. The van der Waals surface area contributed by atoms with Crippen LogP contribution in [-0.4, -0.2) is 24.7 Å². The van der Waals surface area contributed by atoms with Crippen LogP contribution in [0.25, 0.3) is 10.9 Å². The Morgan fingerprint density at radius 2 is 1.92 bits per heavy atom. The highest BCUT2D eigenvalue weighted by Gasteiger charge is 2.16. The summed E-state index contributed by atoms with van der Waals surface area (Å²) in [6.45, 7) is 2.70. The monoisotopic (exact) mass is 345 g/mol. The van der Waals surface area contributed by atoms with E-state index in [0.29, 0.717) is 17.9 Å². The normalized spacial score (nSPS) is 13.8. The topological polar surface area (TPSA) is 60.8 Å². The largest absolute Gasteiger partial charge is 0.492 e. The van der Waals surface area contributed by atoms with E-state index in [4.69, 9.17) is 10.00 Å². The van der Waals surface area contributed by atoms with Crippen molar-refractivity contribution < 1.29 is 4.74 Å². The van der Waals surface area contributed by atoms with Gasteiger partial charge in [-0.2, -0.15) is 5.26 Å². The molecule has 26 heavy (non-hydrogen) atoms. The third-order valence-corrected chi connectivity index (χ3v) is 5.06. The number of rotatable bonds is 5. The van der Waals surface area contributed by atoms with Crippen LogP contribution < -0.4 is 10.1 Å². The first-order chi connectivity index (χ1) is 12.9. The van der Waals surface area contributed by atoms with Gasteiger partial charge in [0.25, 0.3) is 0 Å². The van der Waals surface area contributed by atoms with Crippen molar-refractivity contribution in [1.82, 2.24) is 10.3 Å². The lowest BCUT2D eigenvalue weighted by molar-refractivity contribution is 0.310. The molecule has 2 heterocycles. The lowest BCUT2D eigenvalue weighted by Crippen LogP contribution is -2.16. The van der Waals surface area contributed by atoms with Crippen LogP contribution in [0, 0.1) is 11.3 Å². The van der Waals surface area contributed by atoms with Gasteiger partial charge in [-0.15, -0.1) is 0 Å². The van der Waals surface area contributed by atoms with Crippen LogP contribution >= 0.6 is 0 Å². The molecule has 0 spiro atoms. The second-order valence-electron chi connectivity index (χ2n) is 6.73. The smallest absolute Gasteiger partial charge is 0.137 e. The van der Waals surface area contributed by atoms with Crippen LogP contribution in [-0.2, 0) is 19.3 Å². The summed E-state index contributed by atoms with van der Waals surface area (Å²) in [4.78, 5) is 3.62. The van der Waals surface area contributed by atoms with Crippen molar-refractivity contribution in [3.05, 3.63) is 64.8 Å². The molecule has 0 saturated heterocycles. The summed E-state index contributed by atoms with van der Waals surface area (Å²) in [6, 6.07) is 16.1. The van der Waals surface area contributed by atoms with Crippen LogP contribution in [0.3, 0.4) is 0 Å². The average Bonchev–Trinajstić information content (AvgIpc) is 2.88. The molecule has 1 aliphatic heterocycles. The van der Waals surface area contributed by atoms with E-state index in [9.17, 15) is 0 Å². The molecule has 0 aliphatic carbocycles. The summed E-state index contributed by atoms with van der Waals surface area (Å²) in [5.41, 5.74) is 6.11. The maximum Gasteiger partial charge on any atom is 0.137 e. The van der Waals surface area contributed by atoms with Gasteiger partial charge in [0.15, 0.2) is 0 Å². The number of fused-ring (bicyclic) bond motifs is 3. The molecule has 0 radical (unpaired) electrons. The Bertz CT molecular complexity index is 952. The van der Waals surface area contributed by atoms with Crippen LogP contribution in [0.4, 0.5) is 0 Å². The zero-order chi connectivity index (χ0) is 17.8. The number of ether oxygens (including phenoxy) is 1. The molecular weight excluding hydrogens is 322 g/mol. The van der Waals surface area contributed by atoms with Crippen LogP contribution in [0.1, 0.15) is 28.8 Å². The van der Waals surface area contributed by atoms with E-state index in [-0.39, 0.29) is 0 Å². The molecule has 4 nitrogen and oxygen atoms in total. The molecule has 1 aromatic heterocycles. The second kappa shape index (κ2) is 7.63. The van der Waals surface area contributed by atoms with Crippen LogP contribution in [0.15, 0.2) is 42.5 Å². The molecule has 132 valence electrons. The minimum atomic E-state index is 0.595. The van der Waals surface area contributed by atoms with Crippen LogP contribution in [0.5, 0.6) is 5.75 Å². The lowest BCUT2D eigenvalue weighted by atomic mass is 9.99. The number of para-hydroxylation sites is 1. The molecule has 1 aliphatic rings. The first-order valence-corrected chi connectivity index (χ1v) is 9.31. The van der Waals surface area contributed by atoms with Crippen molar-refractivity contribution >= 4 is 10.9 Å². The predicted octanol–water partition coefficient (Wildman–Crippen LogP) is 3.74. The van der Waals surface area contributed by atoms with E-state index in [2.05, 4.69) is 34.6 Å². The number of aryl methyl sites for hydroxylation is 1. The number of benzene rings is 2. The Morgan fingerprint density at radius 3 is 2.85 bits per heavy atom. The van der Waals surface area contributed by atoms with E-state index in [0.717, 1.165) is 38.8 Å². The molecule has 4 heteroatoms. The third kappa shape index (κ3) is 3.31. The van der Waals surface area contributed by atoms with Gasteiger partial charge in [0.05, 0.1) is 12.2 Å². The van der Waals surface area contributed by atoms with Gasteiger partial charge < -0.3 is 15.0 Å². The fourth-order valence-corrected chi connectivity index (χ4v) is 3.83. The molecule has 2 N–H and O–H groups in total. The number of hydrogen-bond acceptors (Lipinski definition) is 3. The standard InChI is InChI=1S/C22H23N3O/c23-15-17-5-1-2-9-21(17)26-14-4-7-16-6-3-8-20-22(16)18-10-12-24-13-11-19(18)25-20/h1-3,5-6,8-9,24-25H,4,7,10-14H2. The number of nitrogens with zero attached hydrogens (tertiary/aromatic N) is 1. The molecule has 0 saturated carbocycles. The number of aromatic amines is 1. The van der Waals surface area contributed by atoms with Gasteiger partial charge in [-0.05, 0) is 55.1 Å². The maximum absolute atomic E-state index is 9.14. The first kappa shape index (κ1) is 16.7. The van der Waals surface area contributed by atoms with E-state index >= 15 is 0 Å². The molecule has 4 rings (SSSR count). The summed E-state index contributed by atoms with van der Waals surface area (Å²) < 4.78 is 5.84. The van der Waals surface area contributed by atoms with E-state index in [1.165, 1.54) is 27.7 Å². The molecule has 0 amide bonds. The van der Waals surface area contributed by atoms with Crippen molar-refractivity contribution in [2.24, 2.45) is 0 Å². The molecule has 0 unspecified atom stereocenters. The molecular formula is C22H23N3O. The minimum absolute atomic E-state index is 0.595. The van der Waals surface area contributed by atoms with E-state index < -0.39 is 0 Å². The molecule has 3 aromatic rings. The van der Waals surface area contributed by atoms with Crippen molar-refractivity contribution in [3.8, 4) is 11.8 Å². The Hall–Kier alpha value is -2.77. The Morgan fingerprint density at radius 1 is 1.04 bits per heavy atom. The molecule has 0 atom stereocenters. The lowest BCUT2D eigenvalue weighted by Gasteiger charge is -2.09. The van der Waals surface area contributed by atoms with Crippen molar-refractivity contribution in [3.63, 3.8) is 0 Å². The highest BCUT2D eigenvalue weighted by Crippen LogP contribution is 2.28. The maximum atomic E-state index is 9.14. The summed E-state index contributed by atoms with van der Waals surface area (Å²) >= 11 is 0. The second-order valence-corrected chi connectivity index (χ2v) is 6.73. The number of H-pyrrole nitrogens is 1. The SMILES string of the molecule is N#Cc1ccccc1OCCCc1cccc2[nH]c3c(c12)CCNCC3. The third-order valence-electron chi connectivity index (χ3n) is 5.06. The zero-order valence-corrected chi connectivity index (χ0v) is 14.8. The Balaban J connectivity index is 1.48. The van der Waals surface area contributed by atoms with E-state index in [1.807, 2.05) is 18.2 Å². The molecule has 0 fully saturated rings. The predicted molar refractivity (Wildman–Crippen MR) is 104 cm³/mol. The Kier molecular flexibility index (Phi) is 4.90. The van der Waals surface area contributed by atoms with Gasteiger partial charge >= 0.3 is 0 Å². The van der Waals surface area contributed by atoms with E-state index in [1.54, 1.807) is 6.07 Å². The number of aromatic nitrogens is 1.